The van der Waals surface area contributed by atoms with Gasteiger partial charge < -0.3 is 4.74 Å². The van der Waals surface area contributed by atoms with E-state index in [1.54, 1.807) is 36.4 Å². The number of nitrogens with zero attached hydrogens (tertiary/aromatic N) is 2. The third-order valence-electron chi connectivity index (χ3n) is 4.22. The van der Waals surface area contributed by atoms with Gasteiger partial charge >= 0.3 is 0 Å². The minimum atomic E-state index is -3.71. The Bertz CT molecular complexity index is 1190. The van der Waals surface area contributed by atoms with Crippen molar-refractivity contribution in [1.29, 1.82) is 0 Å². The van der Waals surface area contributed by atoms with Crippen molar-refractivity contribution in [3.8, 4) is 5.75 Å². The lowest BCUT2D eigenvalue weighted by atomic mass is 10.2. The first-order chi connectivity index (χ1) is 14.4. The normalized spacial score (nSPS) is 11.4. The van der Waals surface area contributed by atoms with Crippen LogP contribution in [0.25, 0.3) is 10.2 Å². The molecule has 0 spiro atoms. The van der Waals surface area contributed by atoms with Crippen LogP contribution >= 0.6 is 11.3 Å². The van der Waals surface area contributed by atoms with Crippen LogP contribution < -0.4 is 10.1 Å². The molecule has 0 aliphatic rings. The summed E-state index contributed by atoms with van der Waals surface area (Å²) in [7, 11) is -2.18. The maximum absolute atomic E-state index is 12.9. The van der Waals surface area contributed by atoms with Crippen LogP contribution in [0, 0.1) is 0 Å². The Hall–Kier alpha value is -3.01. The van der Waals surface area contributed by atoms with Gasteiger partial charge in [0.05, 0.1) is 22.2 Å². The van der Waals surface area contributed by atoms with Gasteiger partial charge in [0.1, 0.15) is 5.75 Å². The molecule has 0 unspecified atom stereocenters. The molecule has 0 aliphatic heterocycles. The Balaban J connectivity index is 1.87. The summed E-state index contributed by atoms with van der Waals surface area (Å²) < 4.78 is 32.9. The number of thiazole rings is 1. The molecule has 0 aliphatic carbocycles. The van der Waals surface area contributed by atoms with Gasteiger partial charge in [-0.15, -0.1) is 13.2 Å². The summed E-state index contributed by atoms with van der Waals surface area (Å²) in [6, 6.07) is 11.5. The number of carbonyl (C=O) groups excluding carboxylic acids is 1. The molecule has 0 saturated carbocycles. The number of amides is 1. The Morgan fingerprint density at radius 2 is 1.93 bits per heavy atom. The minimum absolute atomic E-state index is 0.146. The highest BCUT2D eigenvalue weighted by Crippen LogP contribution is 2.29. The van der Waals surface area contributed by atoms with E-state index in [-0.39, 0.29) is 23.9 Å². The molecule has 0 radical (unpaired) electrons. The average molecular weight is 444 g/mol. The van der Waals surface area contributed by atoms with Gasteiger partial charge in [0, 0.05) is 18.7 Å². The first-order valence-corrected chi connectivity index (χ1v) is 11.2. The molecule has 2 aromatic carbocycles. The maximum Gasteiger partial charge on any atom is 0.257 e. The number of sulfonamides is 1. The van der Waals surface area contributed by atoms with E-state index >= 15 is 0 Å². The number of hydrogen-bond donors (Lipinski definition) is 1. The van der Waals surface area contributed by atoms with Crippen molar-refractivity contribution in [3.05, 3.63) is 73.3 Å². The van der Waals surface area contributed by atoms with Crippen LogP contribution in [0.1, 0.15) is 10.4 Å². The molecular formula is C21H21N3O4S2. The monoisotopic (exact) mass is 443 g/mol. The van der Waals surface area contributed by atoms with Crippen molar-refractivity contribution in [2.24, 2.45) is 0 Å². The summed E-state index contributed by atoms with van der Waals surface area (Å²) in [6.45, 7) is 7.58. The van der Waals surface area contributed by atoms with Crippen molar-refractivity contribution < 1.29 is 17.9 Å². The number of aromatic nitrogens is 1. The minimum Gasteiger partial charge on any atom is -0.497 e. The Morgan fingerprint density at radius 3 is 2.60 bits per heavy atom. The highest BCUT2D eigenvalue weighted by molar-refractivity contribution is 7.89. The van der Waals surface area contributed by atoms with E-state index in [4.69, 9.17) is 4.74 Å². The van der Waals surface area contributed by atoms with Crippen molar-refractivity contribution in [2.45, 2.75) is 4.90 Å². The van der Waals surface area contributed by atoms with Crippen molar-refractivity contribution in [3.63, 3.8) is 0 Å². The van der Waals surface area contributed by atoms with Gasteiger partial charge in [-0.25, -0.2) is 13.4 Å². The van der Waals surface area contributed by atoms with Gasteiger partial charge in [-0.05, 0) is 36.4 Å². The van der Waals surface area contributed by atoms with E-state index in [0.717, 1.165) is 0 Å². The fraction of sp³-hybridized carbons (Fsp3) is 0.143. The second-order valence-electron chi connectivity index (χ2n) is 6.23. The highest BCUT2D eigenvalue weighted by Gasteiger charge is 2.23. The molecule has 9 heteroatoms. The number of fused-ring (bicyclic) bond motifs is 1. The summed E-state index contributed by atoms with van der Waals surface area (Å²) in [5.41, 5.74) is 1.03. The Kier molecular flexibility index (Phi) is 6.66. The average Bonchev–Trinajstić information content (AvgIpc) is 3.15. The van der Waals surface area contributed by atoms with Crippen LogP contribution in [0.3, 0.4) is 0 Å². The summed E-state index contributed by atoms with van der Waals surface area (Å²) in [4.78, 5) is 17.0. The number of hydrogen-bond acceptors (Lipinski definition) is 6. The maximum atomic E-state index is 12.9. The molecule has 0 saturated heterocycles. The molecule has 30 heavy (non-hydrogen) atoms. The molecule has 0 fully saturated rings. The number of ether oxygens (including phenoxy) is 1. The second kappa shape index (κ2) is 9.21. The number of carbonyl (C=O) groups is 1. The van der Waals surface area contributed by atoms with Crippen LogP contribution in [0.4, 0.5) is 5.13 Å². The first kappa shape index (κ1) is 21.7. The fourth-order valence-electron chi connectivity index (χ4n) is 2.76. The third-order valence-corrected chi connectivity index (χ3v) is 6.98. The predicted octanol–water partition coefficient (Wildman–Crippen LogP) is 3.92. The zero-order valence-corrected chi connectivity index (χ0v) is 18.0. The lowest BCUT2D eigenvalue weighted by molar-refractivity contribution is 0.102. The lowest BCUT2D eigenvalue weighted by Crippen LogP contribution is -2.31. The van der Waals surface area contributed by atoms with Crippen molar-refractivity contribution >= 4 is 42.6 Å². The van der Waals surface area contributed by atoms with E-state index in [0.29, 0.717) is 26.7 Å². The predicted molar refractivity (Wildman–Crippen MR) is 120 cm³/mol. The van der Waals surface area contributed by atoms with E-state index < -0.39 is 10.0 Å². The zero-order valence-electron chi connectivity index (χ0n) is 16.4. The number of methoxy groups -OCH3 is 1. The van der Waals surface area contributed by atoms with E-state index in [9.17, 15) is 13.2 Å². The van der Waals surface area contributed by atoms with E-state index in [1.807, 2.05) is 0 Å². The largest absolute Gasteiger partial charge is 0.497 e. The lowest BCUT2D eigenvalue weighted by Gasteiger charge is -2.18. The number of anilines is 1. The summed E-state index contributed by atoms with van der Waals surface area (Å²) in [6.07, 6.45) is 3.05. The summed E-state index contributed by atoms with van der Waals surface area (Å²) in [5.74, 6) is 0.245. The quantitative estimate of drug-likeness (QED) is 0.507. The molecule has 0 bridgehead atoms. The fourth-order valence-corrected chi connectivity index (χ4v) is 5.14. The molecule has 3 aromatic rings. The molecule has 1 heterocycles. The molecule has 1 aromatic heterocycles. The van der Waals surface area contributed by atoms with E-state index in [2.05, 4.69) is 23.5 Å². The molecule has 0 atom stereocenters. The van der Waals surface area contributed by atoms with Crippen molar-refractivity contribution in [2.75, 3.05) is 25.5 Å². The zero-order chi connectivity index (χ0) is 21.7. The van der Waals surface area contributed by atoms with Crippen LogP contribution in [0.15, 0.2) is 72.7 Å². The Labute approximate surface area is 179 Å². The topological polar surface area (TPSA) is 88.6 Å². The molecule has 7 nitrogen and oxygen atoms in total. The van der Waals surface area contributed by atoms with Crippen LogP contribution in [-0.4, -0.2) is 43.8 Å². The summed E-state index contributed by atoms with van der Waals surface area (Å²) in [5, 5.41) is 3.12. The highest BCUT2D eigenvalue weighted by atomic mass is 32.2. The van der Waals surface area contributed by atoms with Gasteiger partial charge in [-0.2, -0.15) is 4.31 Å². The SMILES string of the molecule is C=CCN(CC=C)S(=O)(=O)c1ccc2nc(NC(=O)c3cccc(OC)c3)sc2c1. The standard InChI is InChI=1S/C21H21N3O4S2/c1-4-11-24(12-5-2)30(26,27)17-9-10-18-19(14-17)29-21(22-18)23-20(25)15-7-6-8-16(13-15)28-3/h4-10,13-14H,1-2,11-12H2,3H3,(H,22,23,25). The molecule has 1 amide bonds. The molecular weight excluding hydrogens is 422 g/mol. The smallest absolute Gasteiger partial charge is 0.257 e. The second-order valence-corrected chi connectivity index (χ2v) is 9.20. The summed E-state index contributed by atoms with van der Waals surface area (Å²) >= 11 is 1.20. The van der Waals surface area contributed by atoms with Gasteiger partial charge in [-0.1, -0.05) is 29.6 Å². The first-order valence-electron chi connectivity index (χ1n) is 8.97. The van der Waals surface area contributed by atoms with E-state index in [1.165, 1.54) is 41.0 Å². The van der Waals surface area contributed by atoms with Crippen molar-refractivity contribution in [1.82, 2.24) is 9.29 Å². The van der Waals surface area contributed by atoms with Gasteiger partial charge in [-0.3, -0.25) is 10.1 Å². The number of nitrogens with one attached hydrogen (secondary N) is 1. The Morgan fingerprint density at radius 1 is 1.20 bits per heavy atom. The number of rotatable bonds is 9. The number of benzene rings is 2. The van der Waals surface area contributed by atoms with Gasteiger partial charge in [0.15, 0.2) is 5.13 Å². The molecule has 1 N–H and O–H groups in total. The van der Waals surface area contributed by atoms with Crippen LogP contribution in [-0.2, 0) is 10.0 Å². The van der Waals surface area contributed by atoms with Gasteiger partial charge in [0.25, 0.3) is 5.91 Å². The van der Waals surface area contributed by atoms with Gasteiger partial charge in [0.2, 0.25) is 10.0 Å². The molecule has 3 rings (SSSR count). The third kappa shape index (κ3) is 4.59. The molecule has 156 valence electrons. The van der Waals surface area contributed by atoms with Crippen LogP contribution in [0.5, 0.6) is 5.75 Å². The van der Waals surface area contributed by atoms with Crippen LogP contribution in [0.2, 0.25) is 0 Å².